The third-order valence-corrected chi connectivity index (χ3v) is 2.97. The standard InChI is InChI=1S/C10H18N2O2/c13-10-6-5-8(12-10)7-11-14-9-3-1-2-4-9/h8-9,11H,1-7H2,(H,12,13). The second-order valence-electron chi connectivity index (χ2n) is 4.18. The van der Waals surface area contributed by atoms with Gasteiger partial charge in [-0.3, -0.25) is 9.63 Å². The fourth-order valence-corrected chi connectivity index (χ4v) is 2.10. The van der Waals surface area contributed by atoms with Crippen LogP contribution in [-0.4, -0.2) is 24.6 Å². The molecule has 1 heterocycles. The van der Waals surface area contributed by atoms with Gasteiger partial charge in [-0.05, 0) is 19.3 Å². The normalized spacial score (nSPS) is 28.3. The van der Waals surface area contributed by atoms with Crippen LogP contribution in [0.4, 0.5) is 0 Å². The Labute approximate surface area is 84.3 Å². The zero-order valence-electron chi connectivity index (χ0n) is 8.42. The van der Waals surface area contributed by atoms with Crippen LogP contribution in [0.5, 0.6) is 0 Å². The van der Waals surface area contributed by atoms with Gasteiger partial charge in [0.2, 0.25) is 5.91 Å². The molecule has 4 heteroatoms. The van der Waals surface area contributed by atoms with E-state index in [0.29, 0.717) is 12.5 Å². The third-order valence-electron chi connectivity index (χ3n) is 2.97. The molecule has 0 spiro atoms. The first-order valence-corrected chi connectivity index (χ1v) is 5.52. The molecule has 14 heavy (non-hydrogen) atoms. The Kier molecular flexibility index (Phi) is 3.37. The van der Waals surface area contributed by atoms with Crippen molar-refractivity contribution in [2.75, 3.05) is 6.54 Å². The Morgan fingerprint density at radius 1 is 1.36 bits per heavy atom. The molecule has 1 aliphatic carbocycles. The second-order valence-corrected chi connectivity index (χ2v) is 4.18. The van der Waals surface area contributed by atoms with Crippen LogP contribution in [0, 0.1) is 0 Å². The summed E-state index contributed by atoms with van der Waals surface area (Å²) in [4.78, 5) is 16.4. The fourth-order valence-electron chi connectivity index (χ4n) is 2.10. The third kappa shape index (κ3) is 2.69. The van der Waals surface area contributed by atoms with E-state index >= 15 is 0 Å². The van der Waals surface area contributed by atoms with Crippen LogP contribution >= 0.6 is 0 Å². The Bertz CT molecular complexity index is 202. The van der Waals surface area contributed by atoms with E-state index in [2.05, 4.69) is 10.8 Å². The number of hydrogen-bond acceptors (Lipinski definition) is 3. The Balaban J connectivity index is 1.56. The van der Waals surface area contributed by atoms with Gasteiger partial charge in [0.05, 0.1) is 6.10 Å². The summed E-state index contributed by atoms with van der Waals surface area (Å²) in [7, 11) is 0. The van der Waals surface area contributed by atoms with Gasteiger partial charge in [-0.25, -0.2) is 5.48 Å². The minimum Gasteiger partial charge on any atom is -0.352 e. The van der Waals surface area contributed by atoms with Gasteiger partial charge in [0.1, 0.15) is 0 Å². The van der Waals surface area contributed by atoms with E-state index in [1.54, 1.807) is 0 Å². The number of carbonyl (C=O) groups is 1. The molecule has 0 aromatic rings. The molecule has 0 aromatic carbocycles. The first-order valence-electron chi connectivity index (χ1n) is 5.52. The van der Waals surface area contributed by atoms with Gasteiger partial charge in [0, 0.05) is 19.0 Å². The molecule has 0 aromatic heterocycles. The highest BCUT2D eigenvalue weighted by atomic mass is 16.7. The molecule has 2 N–H and O–H groups in total. The maximum Gasteiger partial charge on any atom is 0.220 e. The van der Waals surface area contributed by atoms with E-state index < -0.39 is 0 Å². The molecule has 2 rings (SSSR count). The lowest BCUT2D eigenvalue weighted by Crippen LogP contribution is -2.37. The molecule has 2 fully saturated rings. The molecule has 1 saturated carbocycles. The summed E-state index contributed by atoms with van der Waals surface area (Å²) in [6.45, 7) is 0.738. The van der Waals surface area contributed by atoms with Gasteiger partial charge in [-0.2, -0.15) is 0 Å². The predicted molar refractivity (Wildman–Crippen MR) is 52.5 cm³/mol. The lowest BCUT2D eigenvalue weighted by atomic mass is 10.2. The van der Waals surface area contributed by atoms with E-state index in [0.717, 1.165) is 13.0 Å². The monoisotopic (exact) mass is 198 g/mol. The zero-order valence-corrected chi connectivity index (χ0v) is 8.42. The quantitative estimate of drug-likeness (QED) is 0.655. The van der Waals surface area contributed by atoms with Crippen LogP contribution in [0.3, 0.4) is 0 Å². The molecule has 0 bridgehead atoms. The second kappa shape index (κ2) is 4.75. The van der Waals surface area contributed by atoms with Crippen molar-refractivity contribution in [3.8, 4) is 0 Å². The van der Waals surface area contributed by atoms with Crippen LogP contribution in [0.25, 0.3) is 0 Å². The van der Waals surface area contributed by atoms with Crippen molar-refractivity contribution in [3.63, 3.8) is 0 Å². The summed E-state index contributed by atoms with van der Waals surface area (Å²) >= 11 is 0. The van der Waals surface area contributed by atoms with Crippen molar-refractivity contribution in [1.82, 2.24) is 10.8 Å². The molecule has 1 aliphatic heterocycles. The molecular formula is C10H18N2O2. The average molecular weight is 198 g/mol. The van der Waals surface area contributed by atoms with Crippen LogP contribution in [0.1, 0.15) is 38.5 Å². The Morgan fingerprint density at radius 3 is 2.79 bits per heavy atom. The molecular weight excluding hydrogens is 180 g/mol. The Hall–Kier alpha value is -0.610. The number of hydroxylamine groups is 1. The summed E-state index contributed by atoms with van der Waals surface area (Å²) < 4.78 is 0. The van der Waals surface area contributed by atoms with Crippen LogP contribution in [0.15, 0.2) is 0 Å². The van der Waals surface area contributed by atoms with E-state index in [1.165, 1.54) is 25.7 Å². The highest BCUT2D eigenvalue weighted by Gasteiger charge is 2.21. The van der Waals surface area contributed by atoms with Gasteiger partial charge in [-0.15, -0.1) is 0 Å². The van der Waals surface area contributed by atoms with Crippen molar-refractivity contribution >= 4 is 5.91 Å². The summed E-state index contributed by atoms with van der Waals surface area (Å²) in [5.41, 5.74) is 2.98. The lowest BCUT2D eigenvalue weighted by Gasteiger charge is -2.14. The fraction of sp³-hybridized carbons (Fsp3) is 0.900. The number of rotatable bonds is 4. The molecule has 0 radical (unpaired) electrons. The van der Waals surface area contributed by atoms with Gasteiger partial charge in [0.15, 0.2) is 0 Å². The van der Waals surface area contributed by atoms with E-state index in [-0.39, 0.29) is 11.9 Å². The van der Waals surface area contributed by atoms with Gasteiger partial charge in [-0.1, -0.05) is 12.8 Å². The molecule has 2 aliphatic rings. The molecule has 4 nitrogen and oxygen atoms in total. The SMILES string of the molecule is O=C1CCC(CNOC2CCCC2)N1. The molecule has 1 atom stereocenters. The molecule has 80 valence electrons. The number of amides is 1. The molecule has 1 unspecified atom stereocenters. The largest absolute Gasteiger partial charge is 0.352 e. The predicted octanol–water partition coefficient (Wildman–Crippen LogP) is 0.729. The highest BCUT2D eigenvalue weighted by Crippen LogP contribution is 2.19. The van der Waals surface area contributed by atoms with Gasteiger partial charge in [0.25, 0.3) is 0 Å². The van der Waals surface area contributed by atoms with Crippen molar-refractivity contribution < 1.29 is 9.63 Å². The summed E-state index contributed by atoms with van der Waals surface area (Å²) in [5, 5.41) is 2.90. The minimum absolute atomic E-state index is 0.165. The lowest BCUT2D eigenvalue weighted by molar-refractivity contribution is -0.119. The van der Waals surface area contributed by atoms with Crippen LogP contribution in [0.2, 0.25) is 0 Å². The van der Waals surface area contributed by atoms with Crippen molar-refractivity contribution in [3.05, 3.63) is 0 Å². The molecule has 1 amide bonds. The zero-order chi connectivity index (χ0) is 9.80. The topological polar surface area (TPSA) is 50.4 Å². The van der Waals surface area contributed by atoms with Crippen LogP contribution in [-0.2, 0) is 9.63 Å². The summed E-state index contributed by atoms with van der Waals surface area (Å²) in [6.07, 6.45) is 6.90. The maximum atomic E-state index is 10.9. The van der Waals surface area contributed by atoms with Gasteiger partial charge >= 0.3 is 0 Å². The number of nitrogens with one attached hydrogen (secondary N) is 2. The average Bonchev–Trinajstić information content (AvgIpc) is 2.77. The summed E-state index contributed by atoms with van der Waals surface area (Å²) in [5.74, 6) is 0.165. The van der Waals surface area contributed by atoms with E-state index in [9.17, 15) is 4.79 Å². The number of carbonyl (C=O) groups excluding carboxylic acids is 1. The van der Waals surface area contributed by atoms with Crippen molar-refractivity contribution in [2.45, 2.75) is 50.7 Å². The number of hydrogen-bond donors (Lipinski definition) is 2. The van der Waals surface area contributed by atoms with Crippen molar-refractivity contribution in [2.24, 2.45) is 0 Å². The maximum absolute atomic E-state index is 10.9. The van der Waals surface area contributed by atoms with Crippen LogP contribution < -0.4 is 10.8 Å². The van der Waals surface area contributed by atoms with E-state index in [4.69, 9.17) is 4.84 Å². The smallest absolute Gasteiger partial charge is 0.220 e. The Morgan fingerprint density at radius 2 is 2.14 bits per heavy atom. The summed E-state index contributed by atoms with van der Waals surface area (Å²) in [6, 6.07) is 0.268. The molecule has 1 saturated heterocycles. The highest BCUT2D eigenvalue weighted by molar-refractivity contribution is 5.78. The first-order chi connectivity index (χ1) is 6.84. The van der Waals surface area contributed by atoms with Gasteiger partial charge < -0.3 is 5.32 Å². The van der Waals surface area contributed by atoms with Crippen molar-refractivity contribution in [1.29, 1.82) is 0 Å². The first kappa shape index (κ1) is 9.93. The minimum atomic E-state index is 0.165. The van der Waals surface area contributed by atoms with E-state index in [1.807, 2.05) is 0 Å².